The highest BCUT2D eigenvalue weighted by molar-refractivity contribution is 6.46. The molecule has 1 heterocycles. The number of non-ortho nitro benzene ring substituents is 1. The lowest BCUT2D eigenvalue weighted by Crippen LogP contribution is -2.35. The van der Waals surface area contributed by atoms with Gasteiger partial charge in [0.2, 0.25) is 0 Å². The Balaban J connectivity index is 2.16. The summed E-state index contributed by atoms with van der Waals surface area (Å²) in [6, 6.07) is 8.51. The Morgan fingerprint density at radius 3 is 2.39 bits per heavy atom. The summed E-state index contributed by atoms with van der Waals surface area (Å²) in [4.78, 5) is 39.2. The Morgan fingerprint density at radius 1 is 1.19 bits per heavy atom. The van der Waals surface area contributed by atoms with Gasteiger partial charge in [-0.25, -0.2) is 4.39 Å². The van der Waals surface area contributed by atoms with E-state index < -0.39 is 34.2 Å². The number of rotatable bonds is 6. The van der Waals surface area contributed by atoms with Gasteiger partial charge in [-0.3, -0.25) is 19.7 Å². The van der Waals surface area contributed by atoms with Crippen LogP contribution in [0.4, 0.5) is 10.1 Å². The van der Waals surface area contributed by atoms with Gasteiger partial charge >= 0.3 is 0 Å². The average Bonchev–Trinajstić information content (AvgIpc) is 2.98. The van der Waals surface area contributed by atoms with Crippen molar-refractivity contribution in [1.29, 1.82) is 0 Å². The van der Waals surface area contributed by atoms with E-state index in [1.165, 1.54) is 41.3 Å². The highest BCUT2D eigenvalue weighted by Gasteiger charge is 2.46. The van der Waals surface area contributed by atoms with E-state index >= 15 is 0 Å². The summed E-state index contributed by atoms with van der Waals surface area (Å²) >= 11 is 0. The molecule has 1 fully saturated rings. The maximum Gasteiger partial charge on any atom is 0.295 e. The van der Waals surface area contributed by atoms with Crippen LogP contribution in [0.15, 0.2) is 48.0 Å². The largest absolute Gasteiger partial charge is 0.507 e. The molecular formula is C22H22FN3O5. The summed E-state index contributed by atoms with van der Waals surface area (Å²) in [5.41, 5.74) is 0.545. The number of halogens is 1. The van der Waals surface area contributed by atoms with Crippen molar-refractivity contribution < 1.29 is 24.0 Å². The third-order valence-electron chi connectivity index (χ3n) is 5.19. The molecule has 8 nitrogen and oxygen atoms in total. The summed E-state index contributed by atoms with van der Waals surface area (Å²) < 4.78 is 14.1. The van der Waals surface area contributed by atoms with Crippen molar-refractivity contribution in [3.8, 4) is 0 Å². The lowest BCUT2D eigenvalue weighted by molar-refractivity contribution is -0.384. The number of hydrogen-bond acceptors (Lipinski definition) is 6. The first-order chi connectivity index (χ1) is 14.6. The number of Topliss-reactive ketones (excluding diaryl/α,β-unsaturated/α-hetero) is 1. The number of carbonyl (C=O) groups excluding carboxylic acids is 2. The standard InChI is InChI=1S/C22H22FN3O5/c1-13-4-5-15(12-17(13)23)20(27)18-19(14-6-8-16(9-7-14)26(30)31)25(11-10-24(2)3)22(29)21(18)28/h4-9,12,19,27H,10-11H2,1-3H3/t19-/m1/s1. The van der Waals surface area contributed by atoms with Gasteiger partial charge in [0.1, 0.15) is 11.6 Å². The molecule has 1 amide bonds. The summed E-state index contributed by atoms with van der Waals surface area (Å²) in [5, 5.41) is 21.9. The lowest BCUT2D eigenvalue weighted by atomic mass is 9.95. The van der Waals surface area contributed by atoms with Crippen LogP contribution in [-0.4, -0.2) is 58.7 Å². The zero-order valence-electron chi connectivity index (χ0n) is 17.3. The van der Waals surface area contributed by atoms with E-state index in [1.807, 2.05) is 19.0 Å². The quantitative estimate of drug-likeness (QED) is 0.250. The second kappa shape index (κ2) is 8.65. The molecule has 2 aromatic rings. The predicted octanol–water partition coefficient (Wildman–Crippen LogP) is 3.03. The first-order valence-electron chi connectivity index (χ1n) is 9.56. The van der Waals surface area contributed by atoms with E-state index in [0.29, 0.717) is 17.7 Å². The molecule has 31 heavy (non-hydrogen) atoms. The summed E-state index contributed by atoms with van der Waals surface area (Å²) in [6.45, 7) is 2.21. The first-order valence-corrected chi connectivity index (χ1v) is 9.56. The molecule has 3 rings (SSSR count). The monoisotopic (exact) mass is 427 g/mol. The summed E-state index contributed by atoms with van der Waals surface area (Å²) in [6.07, 6.45) is 0. The van der Waals surface area contributed by atoms with E-state index in [4.69, 9.17) is 0 Å². The second-order valence-electron chi connectivity index (χ2n) is 7.61. The molecule has 2 aromatic carbocycles. The fourth-order valence-electron chi connectivity index (χ4n) is 3.44. The van der Waals surface area contributed by atoms with E-state index in [2.05, 4.69) is 0 Å². The van der Waals surface area contributed by atoms with E-state index in [1.54, 1.807) is 6.92 Å². The van der Waals surface area contributed by atoms with E-state index in [9.17, 15) is 29.2 Å². The Morgan fingerprint density at radius 2 is 1.84 bits per heavy atom. The SMILES string of the molecule is Cc1ccc(C(O)=C2C(=O)C(=O)N(CCN(C)C)[C@@H]2c2ccc([N+](=O)[O-])cc2)cc1F. The van der Waals surface area contributed by atoms with Crippen LogP contribution >= 0.6 is 0 Å². The fourth-order valence-corrected chi connectivity index (χ4v) is 3.44. The number of aryl methyl sites for hydroxylation is 1. The van der Waals surface area contributed by atoms with Gasteiger partial charge in [0, 0.05) is 30.8 Å². The normalized spacial score (nSPS) is 18.1. The number of likely N-dealkylation sites (tertiary alicyclic amines) is 1. The van der Waals surface area contributed by atoms with Crippen molar-refractivity contribution in [3.63, 3.8) is 0 Å². The van der Waals surface area contributed by atoms with Gasteiger partial charge in [0.25, 0.3) is 17.4 Å². The number of nitro groups is 1. The molecule has 9 heteroatoms. The molecule has 0 unspecified atom stereocenters. The molecule has 0 radical (unpaired) electrons. The topological polar surface area (TPSA) is 104 Å². The van der Waals surface area contributed by atoms with Crippen LogP contribution in [0.1, 0.15) is 22.7 Å². The number of aliphatic hydroxyl groups excluding tert-OH is 1. The molecule has 1 saturated heterocycles. The minimum Gasteiger partial charge on any atom is -0.507 e. The average molecular weight is 427 g/mol. The van der Waals surface area contributed by atoms with Gasteiger partial charge in [0.05, 0.1) is 16.5 Å². The Kier molecular flexibility index (Phi) is 6.16. The smallest absolute Gasteiger partial charge is 0.295 e. The van der Waals surface area contributed by atoms with Crippen molar-refractivity contribution in [3.05, 3.63) is 80.7 Å². The van der Waals surface area contributed by atoms with Gasteiger partial charge in [-0.2, -0.15) is 0 Å². The minimum absolute atomic E-state index is 0.0700. The molecule has 1 aliphatic heterocycles. The highest BCUT2D eigenvalue weighted by atomic mass is 19.1. The van der Waals surface area contributed by atoms with Gasteiger partial charge in [-0.1, -0.05) is 12.1 Å². The maximum absolute atomic E-state index is 14.1. The maximum atomic E-state index is 14.1. The highest BCUT2D eigenvalue weighted by Crippen LogP contribution is 2.39. The van der Waals surface area contributed by atoms with Gasteiger partial charge < -0.3 is 14.9 Å². The van der Waals surface area contributed by atoms with Gasteiger partial charge in [0.15, 0.2) is 0 Å². The van der Waals surface area contributed by atoms with Crippen LogP contribution in [0.2, 0.25) is 0 Å². The van der Waals surface area contributed by atoms with Crippen LogP contribution in [-0.2, 0) is 9.59 Å². The minimum atomic E-state index is -0.954. The number of carbonyl (C=O) groups is 2. The van der Waals surface area contributed by atoms with Crippen molar-refractivity contribution >= 4 is 23.1 Å². The number of aliphatic hydroxyl groups is 1. The van der Waals surface area contributed by atoms with Crippen molar-refractivity contribution in [2.75, 3.05) is 27.2 Å². The third-order valence-corrected chi connectivity index (χ3v) is 5.19. The van der Waals surface area contributed by atoms with Crippen LogP contribution in [0.5, 0.6) is 0 Å². The number of nitro benzene ring substituents is 1. The van der Waals surface area contributed by atoms with Crippen LogP contribution in [0.25, 0.3) is 5.76 Å². The molecule has 162 valence electrons. The number of hydrogen-bond donors (Lipinski definition) is 1. The number of nitrogens with zero attached hydrogens (tertiary/aromatic N) is 3. The molecule has 0 saturated carbocycles. The van der Waals surface area contributed by atoms with Crippen LogP contribution in [0, 0.1) is 22.9 Å². The Hall–Kier alpha value is -3.59. The van der Waals surface area contributed by atoms with Gasteiger partial charge in [-0.15, -0.1) is 0 Å². The van der Waals surface area contributed by atoms with Crippen LogP contribution in [0.3, 0.4) is 0 Å². The van der Waals surface area contributed by atoms with E-state index in [0.717, 1.165) is 6.07 Å². The number of likely N-dealkylation sites (N-methyl/N-ethyl adjacent to an activating group) is 1. The Labute approximate surface area is 178 Å². The molecule has 0 spiro atoms. The van der Waals surface area contributed by atoms with Crippen molar-refractivity contribution in [2.24, 2.45) is 0 Å². The molecule has 1 N–H and O–H groups in total. The third kappa shape index (κ3) is 4.31. The molecule has 1 atom stereocenters. The van der Waals surface area contributed by atoms with Crippen molar-refractivity contribution in [1.82, 2.24) is 9.80 Å². The van der Waals surface area contributed by atoms with E-state index in [-0.39, 0.29) is 23.4 Å². The zero-order chi connectivity index (χ0) is 22.9. The second-order valence-corrected chi connectivity index (χ2v) is 7.61. The predicted molar refractivity (Wildman–Crippen MR) is 112 cm³/mol. The summed E-state index contributed by atoms with van der Waals surface area (Å²) in [5.74, 6) is -2.73. The van der Waals surface area contributed by atoms with Crippen molar-refractivity contribution in [2.45, 2.75) is 13.0 Å². The molecule has 1 aliphatic rings. The number of ketones is 1. The molecule has 0 bridgehead atoms. The molecule has 0 aliphatic carbocycles. The molecule has 0 aromatic heterocycles. The number of benzene rings is 2. The Bertz CT molecular complexity index is 1080. The van der Waals surface area contributed by atoms with Crippen LogP contribution < -0.4 is 0 Å². The summed E-state index contributed by atoms with van der Waals surface area (Å²) in [7, 11) is 3.62. The molecular weight excluding hydrogens is 405 g/mol. The number of amides is 1. The fraction of sp³-hybridized carbons (Fsp3) is 0.273. The zero-order valence-corrected chi connectivity index (χ0v) is 17.3. The first kappa shape index (κ1) is 22.1. The lowest BCUT2D eigenvalue weighted by Gasteiger charge is -2.26. The van der Waals surface area contributed by atoms with Gasteiger partial charge in [-0.05, 0) is 50.3 Å².